The maximum Gasteiger partial charge on any atom is 0.171 e. The smallest absolute Gasteiger partial charge is 0.171 e. The minimum Gasteiger partial charge on any atom is -0.494 e. The van der Waals surface area contributed by atoms with Crippen molar-refractivity contribution in [1.29, 1.82) is 0 Å². The standard InChI is InChI=1S/C17H22N2O4/c1-21-16-11-15(13(12-2-3-12)10-14(16)18-20)19-6-4-17(5-7-19)22-8-9-23-17/h10-12H,2-9H2,1H3. The summed E-state index contributed by atoms with van der Waals surface area (Å²) in [4.78, 5) is 13.4. The van der Waals surface area contributed by atoms with Gasteiger partial charge in [-0.15, -0.1) is 4.91 Å². The van der Waals surface area contributed by atoms with Gasteiger partial charge in [0, 0.05) is 37.7 Å². The Balaban J connectivity index is 1.61. The molecule has 1 aromatic carbocycles. The minimum absolute atomic E-state index is 0.370. The molecule has 124 valence electrons. The van der Waals surface area contributed by atoms with Gasteiger partial charge >= 0.3 is 0 Å². The Labute approximate surface area is 135 Å². The maximum absolute atomic E-state index is 11.1. The number of piperidine rings is 1. The van der Waals surface area contributed by atoms with Gasteiger partial charge in [0.15, 0.2) is 5.79 Å². The Kier molecular flexibility index (Phi) is 3.73. The van der Waals surface area contributed by atoms with Crippen LogP contribution in [-0.4, -0.2) is 39.2 Å². The highest BCUT2D eigenvalue weighted by atomic mass is 16.7. The topological polar surface area (TPSA) is 60.4 Å². The molecule has 0 unspecified atom stereocenters. The van der Waals surface area contributed by atoms with Crippen LogP contribution in [0.15, 0.2) is 17.3 Å². The molecule has 1 aliphatic carbocycles. The Morgan fingerprint density at radius 1 is 1.22 bits per heavy atom. The largest absolute Gasteiger partial charge is 0.494 e. The van der Waals surface area contributed by atoms with Crippen molar-refractivity contribution >= 4 is 11.4 Å². The summed E-state index contributed by atoms with van der Waals surface area (Å²) in [6.45, 7) is 3.16. The third kappa shape index (κ3) is 2.70. The Morgan fingerprint density at radius 3 is 2.48 bits per heavy atom. The molecule has 0 radical (unpaired) electrons. The second-order valence-electron chi connectivity index (χ2n) is 6.54. The number of ether oxygens (including phenoxy) is 3. The highest BCUT2D eigenvalue weighted by Gasteiger charge is 2.41. The van der Waals surface area contributed by atoms with E-state index in [0.29, 0.717) is 30.6 Å². The number of nitroso groups, excluding NO2 is 1. The van der Waals surface area contributed by atoms with Crippen molar-refractivity contribution in [3.8, 4) is 5.75 Å². The van der Waals surface area contributed by atoms with Crippen LogP contribution in [-0.2, 0) is 9.47 Å². The Hall–Kier alpha value is -1.66. The Morgan fingerprint density at radius 2 is 1.91 bits per heavy atom. The van der Waals surface area contributed by atoms with Crippen LogP contribution in [0, 0.1) is 4.91 Å². The van der Waals surface area contributed by atoms with Gasteiger partial charge in [-0.3, -0.25) is 0 Å². The van der Waals surface area contributed by atoms with Gasteiger partial charge in [-0.2, -0.15) is 0 Å². The molecule has 1 saturated carbocycles. The van der Waals surface area contributed by atoms with E-state index in [1.165, 1.54) is 24.1 Å². The van der Waals surface area contributed by atoms with Gasteiger partial charge in [-0.25, -0.2) is 0 Å². The number of nitrogens with zero attached hydrogens (tertiary/aromatic N) is 2. The first-order valence-electron chi connectivity index (χ1n) is 8.33. The molecule has 2 saturated heterocycles. The first-order chi connectivity index (χ1) is 11.2. The lowest BCUT2D eigenvalue weighted by molar-refractivity contribution is -0.169. The number of benzene rings is 1. The van der Waals surface area contributed by atoms with Crippen molar-refractivity contribution in [3.63, 3.8) is 0 Å². The third-order valence-corrected chi connectivity index (χ3v) is 5.12. The van der Waals surface area contributed by atoms with Crippen LogP contribution in [0.4, 0.5) is 11.4 Å². The van der Waals surface area contributed by atoms with Crippen LogP contribution in [0.1, 0.15) is 37.2 Å². The second-order valence-corrected chi connectivity index (χ2v) is 6.54. The fraction of sp³-hybridized carbons (Fsp3) is 0.647. The van der Waals surface area contributed by atoms with E-state index in [4.69, 9.17) is 14.2 Å². The summed E-state index contributed by atoms with van der Waals surface area (Å²) in [6.07, 6.45) is 4.10. The average molecular weight is 318 g/mol. The summed E-state index contributed by atoms with van der Waals surface area (Å²) < 4.78 is 17.0. The van der Waals surface area contributed by atoms with Crippen molar-refractivity contribution in [2.75, 3.05) is 38.3 Å². The van der Waals surface area contributed by atoms with E-state index in [1.54, 1.807) is 7.11 Å². The normalized spacial score (nSPS) is 23.3. The van der Waals surface area contributed by atoms with Crippen LogP contribution >= 0.6 is 0 Å². The fourth-order valence-corrected chi connectivity index (χ4v) is 3.68. The monoisotopic (exact) mass is 318 g/mol. The molecular formula is C17H22N2O4. The molecule has 3 fully saturated rings. The molecule has 3 aliphatic rings. The minimum atomic E-state index is -0.370. The highest BCUT2D eigenvalue weighted by Crippen LogP contribution is 2.49. The van der Waals surface area contributed by atoms with E-state index in [2.05, 4.69) is 10.1 Å². The van der Waals surface area contributed by atoms with Gasteiger partial charge in [0.25, 0.3) is 0 Å². The number of hydrogen-bond donors (Lipinski definition) is 0. The van der Waals surface area contributed by atoms with Crippen molar-refractivity contribution in [1.82, 2.24) is 0 Å². The maximum atomic E-state index is 11.1. The van der Waals surface area contributed by atoms with E-state index in [1.807, 2.05) is 12.1 Å². The SMILES string of the molecule is COc1cc(N2CCC3(CC2)OCCO3)c(C2CC2)cc1N=O. The van der Waals surface area contributed by atoms with Crippen LogP contribution < -0.4 is 9.64 Å². The number of anilines is 1. The molecule has 0 amide bonds. The summed E-state index contributed by atoms with van der Waals surface area (Å²) in [7, 11) is 1.58. The van der Waals surface area contributed by atoms with Crippen LogP contribution in [0.5, 0.6) is 5.75 Å². The molecule has 2 aliphatic heterocycles. The van der Waals surface area contributed by atoms with Gasteiger partial charge < -0.3 is 19.1 Å². The van der Waals surface area contributed by atoms with Gasteiger partial charge in [-0.1, -0.05) is 0 Å². The lowest BCUT2D eigenvalue weighted by Gasteiger charge is -2.39. The third-order valence-electron chi connectivity index (χ3n) is 5.12. The molecule has 1 aromatic rings. The van der Waals surface area contributed by atoms with E-state index >= 15 is 0 Å². The summed E-state index contributed by atoms with van der Waals surface area (Å²) in [5.41, 5.74) is 2.79. The quantitative estimate of drug-likeness (QED) is 0.797. The van der Waals surface area contributed by atoms with Crippen molar-refractivity contribution in [2.45, 2.75) is 37.4 Å². The van der Waals surface area contributed by atoms with Gasteiger partial charge in [-0.05, 0) is 35.6 Å². The van der Waals surface area contributed by atoms with E-state index in [0.717, 1.165) is 25.9 Å². The molecule has 0 aromatic heterocycles. The molecule has 2 heterocycles. The molecule has 1 spiro atoms. The van der Waals surface area contributed by atoms with Crippen molar-refractivity contribution in [2.24, 2.45) is 5.18 Å². The molecule has 6 nitrogen and oxygen atoms in total. The summed E-state index contributed by atoms with van der Waals surface area (Å²) in [5.74, 6) is 0.726. The summed E-state index contributed by atoms with van der Waals surface area (Å²) in [6, 6.07) is 3.88. The average Bonchev–Trinajstić information content (AvgIpc) is 3.35. The van der Waals surface area contributed by atoms with Crippen LogP contribution in [0.25, 0.3) is 0 Å². The van der Waals surface area contributed by atoms with Crippen molar-refractivity contribution in [3.05, 3.63) is 22.6 Å². The number of methoxy groups -OCH3 is 1. The molecule has 0 bridgehead atoms. The molecule has 23 heavy (non-hydrogen) atoms. The number of rotatable bonds is 4. The van der Waals surface area contributed by atoms with Crippen LogP contribution in [0.2, 0.25) is 0 Å². The molecule has 6 heteroatoms. The predicted molar refractivity (Wildman–Crippen MR) is 86.5 cm³/mol. The van der Waals surface area contributed by atoms with Crippen molar-refractivity contribution < 1.29 is 14.2 Å². The number of hydrogen-bond acceptors (Lipinski definition) is 6. The lowest BCUT2D eigenvalue weighted by atomic mass is 9.99. The summed E-state index contributed by atoms with van der Waals surface area (Å²) >= 11 is 0. The predicted octanol–water partition coefficient (Wildman–Crippen LogP) is 3.31. The molecule has 4 rings (SSSR count). The first kappa shape index (κ1) is 14.9. The second kappa shape index (κ2) is 5.76. The zero-order chi connectivity index (χ0) is 15.9. The lowest BCUT2D eigenvalue weighted by Crippen LogP contribution is -2.45. The van der Waals surface area contributed by atoms with E-state index < -0.39 is 0 Å². The molecule has 0 N–H and O–H groups in total. The highest BCUT2D eigenvalue weighted by molar-refractivity contribution is 5.68. The molecular weight excluding hydrogens is 296 g/mol. The van der Waals surface area contributed by atoms with E-state index in [-0.39, 0.29) is 5.79 Å². The van der Waals surface area contributed by atoms with Crippen LogP contribution in [0.3, 0.4) is 0 Å². The van der Waals surface area contributed by atoms with Gasteiger partial charge in [0.2, 0.25) is 0 Å². The Bertz CT molecular complexity index is 599. The molecule has 0 atom stereocenters. The van der Waals surface area contributed by atoms with Gasteiger partial charge in [0.1, 0.15) is 11.4 Å². The zero-order valence-corrected chi connectivity index (χ0v) is 13.4. The zero-order valence-electron chi connectivity index (χ0n) is 13.4. The fourth-order valence-electron chi connectivity index (χ4n) is 3.68. The van der Waals surface area contributed by atoms with E-state index in [9.17, 15) is 4.91 Å². The first-order valence-corrected chi connectivity index (χ1v) is 8.33. The summed E-state index contributed by atoms with van der Waals surface area (Å²) in [5, 5.41) is 3.12. The van der Waals surface area contributed by atoms with Gasteiger partial charge in [0.05, 0.1) is 20.3 Å².